The van der Waals surface area contributed by atoms with E-state index in [0.29, 0.717) is 19.8 Å². The van der Waals surface area contributed by atoms with E-state index < -0.39 is 6.04 Å². The van der Waals surface area contributed by atoms with Gasteiger partial charge >= 0.3 is 0 Å². The lowest BCUT2D eigenvalue weighted by Crippen LogP contribution is -2.48. The molecule has 0 radical (unpaired) electrons. The number of carbonyl (C=O) groups is 2. The average Bonchev–Trinajstić information content (AvgIpc) is 3.06. The maximum atomic E-state index is 12.1. The Labute approximate surface area is 154 Å². The summed E-state index contributed by atoms with van der Waals surface area (Å²) in [6.07, 6.45) is 0. The van der Waals surface area contributed by atoms with Crippen LogP contribution >= 0.6 is 0 Å². The van der Waals surface area contributed by atoms with Crippen molar-refractivity contribution in [2.24, 2.45) is 11.7 Å². The maximum Gasteiger partial charge on any atom is 0.239 e. The zero-order valence-corrected chi connectivity index (χ0v) is 15.8. The molecular weight excluding hydrogens is 336 g/mol. The molecule has 26 heavy (non-hydrogen) atoms. The Kier molecular flexibility index (Phi) is 7.62. The number of hydrogen-bond donors (Lipinski definition) is 3. The summed E-state index contributed by atoms with van der Waals surface area (Å²) < 4.78 is 11.2. The summed E-state index contributed by atoms with van der Waals surface area (Å²) >= 11 is 0. The molecule has 2 amide bonds. The number of nitrogens with zero attached hydrogens (tertiary/aromatic N) is 1. The Morgan fingerprint density at radius 3 is 2.50 bits per heavy atom. The van der Waals surface area contributed by atoms with Crippen molar-refractivity contribution in [1.82, 2.24) is 15.5 Å². The van der Waals surface area contributed by atoms with Crippen LogP contribution in [0.1, 0.15) is 31.4 Å². The van der Waals surface area contributed by atoms with E-state index in [0.717, 1.165) is 24.6 Å². The van der Waals surface area contributed by atoms with Crippen LogP contribution in [0.5, 0.6) is 0 Å². The number of ether oxygens (including phenoxy) is 1. The first-order valence-corrected chi connectivity index (χ1v) is 9.06. The van der Waals surface area contributed by atoms with Crippen molar-refractivity contribution in [2.45, 2.75) is 32.9 Å². The normalized spacial score (nSPS) is 17.7. The molecule has 0 bridgehead atoms. The molecule has 2 rings (SSSR count). The number of rotatable bonds is 8. The number of aryl methyl sites for hydroxylation is 1. The van der Waals surface area contributed by atoms with Crippen molar-refractivity contribution >= 4 is 11.8 Å². The molecule has 0 spiro atoms. The van der Waals surface area contributed by atoms with E-state index in [1.165, 1.54) is 0 Å². The summed E-state index contributed by atoms with van der Waals surface area (Å²) in [5, 5.41) is 5.45. The fourth-order valence-electron chi connectivity index (χ4n) is 2.79. The van der Waals surface area contributed by atoms with Crippen LogP contribution in [0.4, 0.5) is 0 Å². The van der Waals surface area contributed by atoms with Crippen LogP contribution in [0.25, 0.3) is 0 Å². The third-order valence-corrected chi connectivity index (χ3v) is 4.51. The number of nitrogens with two attached hydrogens (primary N) is 1. The predicted octanol–water partition coefficient (Wildman–Crippen LogP) is 0.177. The highest BCUT2D eigenvalue weighted by Gasteiger charge is 2.26. The molecule has 4 N–H and O–H groups in total. The van der Waals surface area contributed by atoms with Gasteiger partial charge in [0.2, 0.25) is 11.8 Å². The maximum absolute atomic E-state index is 12.1. The Morgan fingerprint density at radius 1 is 1.23 bits per heavy atom. The summed E-state index contributed by atoms with van der Waals surface area (Å²) in [6, 6.07) is 3.17. The number of nitrogens with one attached hydrogen (secondary N) is 2. The first-order chi connectivity index (χ1) is 12.4. The van der Waals surface area contributed by atoms with Gasteiger partial charge in [-0.2, -0.15) is 0 Å². The lowest BCUT2D eigenvalue weighted by Gasteiger charge is -2.33. The van der Waals surface area contributed by atoms with Crippen molar-refractivity contribution in [3.63, 3.8) is 0 Å². The van der Waals surface area contributed by atoms with Gasteiger partial charge in [0.05, 0.1) is 31.8 Å². The first-order valence-electron chi connectivity index (χ1n) is 9.06. The van der Waals surface area contributed by atoms with Gasteiger partial charge in [-0.05, 0) is 25.0 Å². The molecule has 1 aromatic rings. The molecule has 0 aliphatic carbocycles. The fourth-order valence-corrected chi connectivity index (χ4v) is 2.79. The smallest absolute Gasteiger partial charge is 0.239 e. The van der Waals surface area contributed by atoms with E-state index in [-0.39, 0.29) is 30.3 Å². The highest BCUT2D eigenvalue weighted by molar-refractivity contribution is 5.87. The molecule has 1 aromatic heterocycles. The number of carbonyl (C=O) groups excluding carboxylic acids is 2. The Hall–Kier alpha value is -1.90. The Bertz CT molecular complexity index is 596. The molecule has 2 atom stereocenters. The van der Waals surface area contributed by atoms with E-state index in [9.17, 15) is 9.59 Å². The number of morpholine rings is 1. The highest BCUT2D eigenvalue weighted by Crippen LogP contribution is 2.23. The number of furan rings is 1. The summed E-state index contributed by atoms with van der Waals surface area (Å²) in [7, 11) is 0. The van der Waals surface area contributed by atoms with Gasteiger partial charge in [0.25, 0.3) is 0 Å². The minimum Gasteiger partial charge on any atom is -0.465 e. The van der Waals surface area contributed by atoms with Gasteiger partial charge in [-0.15, -0.1) is 0 Å². The van der Waals surface area contributed by atoms with Crippen molar-refractivity contribution in [3.8, 4) is 0 Å². The molecule has 8 heteroatoms. The monoisotopic (exact) mass is 366 g/mol. The van der Waals surface area contributed by atoms with Crippen LogP contribution in [-0.2, 0) is 14.3 Å². The number of hydrogen-bond acceptors (Lipinski definition) is 6. The van der Waals surface area contributed by atoms with Crippen LogP contribution in [0.15, 0.2) is 16.5 Å². The minimum atomic E-state index is -0.616. The molecule has 146 valence electrons. The fraction of sp³-hybridized carbons (Fsp3) is 0.667. The summed E-state index contributed by atoms with van der Waals surface area (Å²) in [6.45, 7) is 8.81. The minimum absolute atomic E-state index is 0.0194. The zero-order valence-electron chi connectivity index (χ0n) is 15.8. The lowest BCUT2D eigenvalue weighted by molar-refractivity contribution is -0.127. The molecule has 1 saturated heterocycles. The topological polar surface area (TPSA) is 110 Å². The molecule has 0 saturated carbocycles. The highest BCUT2D eigenvalue weighted by atomic mass is 16.5. The van der Waals surface area contributed by atoms with E-state index in [1.54, 1.807) is 0 Å². The van der Waals surface area contributed by atoms with E-state index in [4.69, 9.17) is 14.9 Å². The lowest BCUT2D eigenvalue weighted by atomic mass is 10.1. The summed E-state index contributed by atoms with van der Waals surface area (Å²) in [5.74, 6) is 1.10. The molecule has 0 aromatic carbocycles. The Balaban J connectivity index is 1.88. The quantitative estimate of drug-likeness (QED) is 0.605. The molecule has 1 aliphatic heterocycles. The van der Waals surface area contributed by atoms with Crippen molar-refractivity contribution in [1.29, 1.82) is 0 Å². The van der Waals surface area contributed by atoms with Gasteiger partial charge in [-0.1, -0.05) is 13.8 Å². The molecule has 1 aliphatic rings. The molecule has 1 unspecified atom stereocenters. The average molecular weight is 366 g/mol. The largest absolute Gasteiger partial charge is 0.465 e. The van der Waals surface area contributed by atoms with Crippen LogP contribution < -0.4 is 16.4 Å². The standard InChI is InChI=1S/C18H30N4O4/c1-12(2)17(19)18(24)21-11-16(23)20-10-14(15-5-4-13(3)26-15)22-6-8-25-9-7-22/h4-5,12,14,17H,6-11,19H2,1-3H3,(H,20,23)(H,21,24)/t14?,17-/m0/s1. The van der Waals surface area contributed by atoms with Gasteiger partial charge in [0.15, 0.2) is 0 Å². The summed E-state index contributed by atoms with van der Waals surface area (Å²) in [5.41, 5.74) is 5.77. The zero-order chi connectivity index (χ0) is 19.1. The molecule has 2 heterocycles. The van der Waals surface area contributed by atoms with Gasteiger partial charge in [-0.3, -0.25) is 14.5 Å². The van der Waals surface area contributed by atoms with Gasteiger partial charge in [-0.25, -0.2) is 0 Å². The number of amides is 2. The molecular formula is C18H30N4O4. The van der Waals surface area contributed by atoms with Crippen LogP contribution in [0.2, 0.25) is 0 Å². The Morgan fingerprint density at radius 2 is 1.92 bits per heavy atom. The molecule has 8 nitrogen and oxygen atoms in total. The third-order valence-electron chi connectivity index (χ3n) is 4.51. The summed E-state index contributed by atoms with van der Waals surface area (Å²) in [4.78, 5) is 26.2. The van der Waals surface area contributed by atoms with Crippen molar-refractivity contribution < 1.29 is 18.7 Å². The van der Waals surface area contributed by atoms with Crippen molar-refractivity contribution in [2.75, 3.05) is 39.4 Å². The van der Waals surface area contributed by atoms with Crippen molar-refractivity contribution in [3.05, 3.63) is 23.7 Å². The van der Waals surface area contributed by atoms with Crippen LogP contribution in [0.3, 0.4) is 0 Å². The van der Waals surface area contributed by atoms with Gasteiger partial charge < -0.3 is 25.5 Å². The third kappa shape index (κ3) is 5.82. The second-order valence-electron chi connectivity index (χ2n) is 6.90. The van der Waals surface area contributed by atoms with Gasteiger partial charge in [0, 0.05) is 19.6 Å². The van der Waals surface area contributed by atoms with Crippen LogP contribution in [-0.4, -0.2) is 62.1 Å². The van der Waals surface area contributed by atoms with Crippen LogP contribution in [0, 0.1) is 12.8 Å². The second kappa shape index (κ2) is 9.70. The second-order valence-corrected chi connectivity index (χ2v) is 6.90. The van der Waals surface area contributed by atoms with E-state index in [2.05, 4.69) is 15.5 Å². The van der Waals surface area contributed by atoms with E-state index in [1.807, 2.05) is 32.9 Å². The molecule has 1 fully saturated rings. The SMILES string of the molecule is Cc1ccc(C(CNC(=O)CNC(=O)[C@@H](N)C(C)C)N2CCOCC2)o1. The first kappa shape index (κ1) is 20.4. The van der Waals surface area contributed by atoms with Gasteiger partial charge in [0.1, 0.15) is 11.5 Å². The van der Waals surface area contributed by atoms with E-state index >= 15 is 0 Å². The predicted molar refractivity (Wildman–Crippen MR) is 97.4 cm³/mol.